The van der Waals surface area contributed by atoms with Crippen LogP contribution in [0.3, 0.4) is 0 Å². The molecular formula is C23H46N2O2. The maximum Gasteiger partial charge on any atom is 0.219 e. The molecule has 0 atom stereocenters. The van der Waals surface area contributed by atoms with Crippen molar-refractivity contribution in [2.24, 2.45) is 0 Å². The highest BCUT2D eigenvalue weighted by molar-refractivity contribution is 5.76. The van der Waals surface area contributed by atoms with E-state index in [9.17, 15) is 9.59 Å². The lowest BCUT2D eigenvalue weighted by atomic mass is 10.1. The standard InChI is InChI=1S/C23H46N2O2/c1-3-5-7-10-14-18-22(26)24-20-16-12-9-13-17-21-25-23(27)19-15-11-8-6-4-2/h3-21H2,1-2H3,(H,24,26)(H,25,27). The molecule has 0 aliphatic rings. The van der Waals surface area contributed by atoms with E-state index in [4.69, 9.17) is 0 Å². The van der Waals surface area contributed by atoms with E-state index in [0.29, 0.717) is 12.8 Å². The van der Waals surface area contributed by atoms with E-state index >= 15 is 0 Å². The maximum atomic E-state index is 11.7. The predicted molar refractivity (Wildman–Crippen MR) is 116 cm³/mol. The third kappa shape index (κ3) is 21.1. The van der Waals surface area contributed by atoms with Crippen molar-refractivity contribution in [2.45, 2.75) is 123 Å². The van der Waals surface area contributed by atoms with Gasteiger partial charge in [-0.1, -0.05) is 84.5 Å². The van der Waals surface area contributed by atoms with Crippen molar-refractivity contribution in [1.82, 2.24) is 10.6 Å². The number of nitrogens with one attached hydrogen (secondary N) is 2. The number of unbranched alkanes of at least 4 members (excludes halogenated alkanes) is 12. The van der Waals surface area contributed by atoms with Gasteiger partial charge in [-0.2, -0.15) is 0 Å². The Balaban J connectivity index is 3.23. The molecule has 0 rings (SSSR count). The number of hydrogen-bond acceptors (Lipinski definition) is 2. The first-order valence-electron chi connectivity index (χ1n) is 11.7. The van der Waals surface area contributed by atoms with Crippen LogP contribution < -0.4 is 10.6 Å². The Morgan fingerprint density at radius 1 is 0.481 bits per heavy atom. The fraction of sp³-hybridized carbons (Fsp3) is 0.913. The van der Waals surface area contributed by atoms with Crippen molar-refractivity contribution < 1.29 is 9.59 Å². The van der Waals surface area contributed by atoms with Crippen LogP contribution in [-0.4, -0.2) is 24.9 Å². The molecule has 0 aliphatic carbocycles. The van der Waals surface area contributed by atoms with Crippen LogP contribution in [0.4, 0.5) is 0 Å². The summed E-state index contributed by atoms with van der Waals surface area (Å²) >= 11 is 0. The molecule has 0 heterocycles. The molecule has 0 radical (unpaired) electrons. The SMILES string of the molecule is CCCCCCCC(=O)NCCCCCCCNC(=O)CCCCCCC. The summed E-state index contributed by atoms with van der Waals surface area (Å²) in [5.41, 5.74) is 0. The fourth-order valence-electron chi connectivity index (χ4n) is 3.19. The average Bonchev–Trinajstić information content (AvgIpc) is 2.66. The largest absolute Gasteiger partial charge is 0.356 e. The van der Waals surface area contributed by atoms with E-state index in [-0.39, 0.29) is 11.8 Å². The molecule has 0 aromatic rings. The van der Waals surface area contributed by atoms with Gasteiger partial charge in [0, 0.05) is 25.9 Å². The lowest BCUT2D eigenvalue weighted by Gasteiger charge is -2.06. The molecule has 0 saturated heterocycles. The Morgan fingerprint density at radius 2 is 0.815 bits per heavy atom. The number of amides is 2. The Hall–Kier alpha value is -1.06. The molecule has 2 N–H and O–H groups in total. The van der Waals surface area contributed by atoms with Gasteiger partial charge in [0.1, 0.15) is 0 Å². The molecule has 160 valence electrons. The minimum absolute atomic E-state index is 0.212. The van der Waals surface area contributed by atoms with Crippen LogP contribution in [0.1, 0.15) is 123 Å². The van der Waals surface area contributed by atoms with Gasteiger partial charge in [0.2, 0.25) is 11.8 Å². The van der Waals surface area contributed by atoms with Gasteiger partial charge < -0.3 is 10.6 Å². The lowest BCUT2D eigenvalue weighted by Crippen LogP contribution is -2.24. The summed E-state index contributed by atoms with van der Waals surface area (Å²) in [5, 5.41) is 6.05. The third-order valence-corrected chi connectivity index (χ3v) is 5.01. The summed E-state index contributed by atoms with van der Waals surface area (Å²) in [4.78, 5) is 23.4. The second-order valence-electron chi connectivity index (χ2n) is 7.80. The van der Waals surface area contributed by atoms with Crippen LogP contribution >= 0.6 is 0 Å². The van der Waals surface area contributed by atoms with Crippen molar-refractivity contribution in [3.8, 4) is 0 Å². The molecule has 0 aromatic heterocycles. The van der Waals surface area contributed by atoms with Crippen LogP contribution in [0, 0.1) is 0 Å². The number of rotatable bonds is 20. The third-order valence-electron chi connectivity index (χ3n) is 5.01. The van der Waals surface area contributed by atoms with Crippen molar-refractivity contribution in [2.75, 3.05) is 13.1 Å². The quantitative estimate of drug-likeness (QED) is 0.258. The lowest BCUT2D eigenvalue weighted by molar-refractivity contribution is -0.122. The number of carbonyl (C=O) groups excluding carboxylic acids is 2. The van der Waals surface area contributed by atoms with Crippen molar-refractivity contribution in [3.05, 3.63) is 0 Å². The first-order valence-corrected chi connectivity index (χ1v) is 11.7. The maximum absolute atomic E-state index is 11.7. The van der Waals surface area contributed by atoms with Gasteiger partial charge in [-0.25, -0.2) is 0 Å². The molecule has 0 unspecified atom stereocenters. The minimum Gasteiger partial charge on any atom is -0.356 e. The monoisotopic (exact) mass is 382 g/mol. The van der Waals surface area contributed by atoms with Gasteiger partial charge in [0.15, 0.2) is 0 Å². The Morgan fingerprint density at radius 3 is 1.22 bits per heavy atom. The molecular weight excluding hydrogens is 336 g/mol. The average molecular weight is 383 g/mol. The summed E-state index contributed by atoms with van der Waals surface area (Å²) < 4.78 is 0. The summed E-state index contributed by atoms with van der Waals surface area (Å²) in [6.45, 7) is 6.03. The van der Waals surface area contributed by atoms with Crippen LogP contribution in [0.15, 0.2) is 0 Å². The molecule has 27 heavy (non-hydrogen) atoms. The van der Waals surface area contributed by atoms with E-state index in [0.717, 1.165) is 51.6 Å². The van der Waals surface area contributed by atoms with E-state index in [1.807, 2.05) is 0 Å². The molecule has 0 spiro atoms. The summed E-state index contributed by atoms with van der Waals surface area (Å²) in [6.07, 6.45) is 18.9. The van der Waals surface area contributed by atoms with Gasteiger partial charge in [-0.05, 0) is 25.7 Å². The molecule has 0 aromatic carbocycles. The van der Waals surface area contributed by atoms with Crippen LogP contribution in [0.5, 0.6) is 0 Å². The summed E-state index contributed by atoms with van der Waals surface area (Å²) in [7, 11) is 0. The molecule has 0 fully saturated rings. The fourth-order valence-corrected chi connectivity index (χ4v) is 3.19. The summed E-state index contributed by atoms with van der Waals surface area (Å²) in [6, 6.07) is 0. The molecule has 4 nitrogen and oxygen atoms in total. The molecule has 0 bridgehead atoms. The van der Waals surface area contributed by atoms with Crippen molar-refractivity contribution in [1.29, 1.82) is 0 Å². The Labute approximate surface area is 168 Å². The molecule has 2 amide bonds. The first-order chi connectivity index (χ1) is 13.2. The van der Waals surface area contributed by atoms with Crippen molar-refractivity contribution >= 4 is 11.8 Å². The molecule has 0 aliphatic heterocycles. The second kappa shape index (κ2) is 21.2. The molecule has 0 saturated carbocycles. The smallest absolute Gasteiger partial charge is 0.219 e. The second-order valence-corrected chi connectivity index (χ2v) is 7.80. The summed E-state index contributed by atoms with van der Waals surface area (Å²) in [5.74, 6) is 0.424. The predicted octanol–water partition coefficient (Wildman–Crippen LogP) is 5.89. The van der Waals surface area contributed by atoms with Crippen LogP contribution in [-0.2, 0) is 9.59 Å². The Bertz CT molecular complexity index is 313. The van der Waals surface area contributed by atoms with Gasteiger partial charge in [0.25, 0.3) is 0 Å². The van der Waals surface area contributed by atoms with Crippen LogP contribution in [0.2, 0.25) is 0 Å². The zero-order valence-electron chi connectivity index (χ0n) is 18.3. The van der Waals surface area contributed by atoms with Gasteiger partial charge in [0.05, 0.1) is 0 Å². The normalized spacial score (nSPS) is 10.7. The van der Waals surface area contributed by atoms with Gasteiger partial charge in [-0.15, -0.1) is 0 Å². The minimum atomic E-state index is 0.212. The zero-order chi connectivity index (χ0) is 20.0. The zero-order valence-corrected chi connectivity index (χ0v) is 18.3. The van der Waals surface area contributed by atoms with Gasteiger partial charge >= 0.3 is 0 Å². The van der Waals surface area contributed by atoms with E-state index < -0.39 is 0 Å². The Kier molecular flexibility index (Phi) is 20.4. The highest BCUT2D eigenvalue weighted by atomic mass is 16.2. The van der Waals surface area contributed by atoms with E-state index in [2.05, 4.69) is 24.5 Å². The van der Waals surface area contributed by atoms with Gasteiger partial charge in [-0.3, -0.25) is 9.59 Å². The first kappa shape index (κ1) is 25.9. The van der Waals surface area contributed by atoms with E-state index in [1.54, 1.807) is 0 Å². The molecule has 4 heteroatoms. The topological polar surface area (TPSA) is 58.2 Å². The highest BCUT2D eigenvalue weighted by Gasteiger charge is 2.01. The number of hydrogen-bond donors (Lipinski definition) is 2. The van der Waals surface area contributed by atoms with Crippen molar-refractivity contribution in [3.63, 3.8) is 0 Å². The highest BCUT2D eigenvalue weighted by Crippen LogP contribution is 2.06. The number of carbonyl (C=O) groups is 2. The van der Waals surface area contributed by atoms with Crippen LogP contribution in [0.25, 0.3) is 0 Å². The van der Waals surface area contributed by atoms with E-state index in [1.165, 1.54) is 57.8 Å².